The van der Waals surface area contributed by atoms with Crippen molar-refractivity contribution in [3.63, 3.8) is 0 Å². The van der Waals surface area contributed by atoms with Crippen LogP contribution in [-0.4, -0.2) is 33.4 Å². The third-order valence-corrected chi connectivity index (χ3v) is 7.75. The number of hydrogen-bond acceptors (Lipinski definition) is 7. The number of carbonyl (C=O) groups is 1. The molecular formula is C30H28FN5O3S. The first-order valence-corrected chi connectivity index (χ1v) is 13.8. The Labute approximate surface area is 234 Å². The molecule has 1 atom stereocenters. The smallest absolute Gasteiger partial charge is 0.297 e. The maximum absolute atomic E-state index is 14.2. The molecule has 0 saturated heterocycles. The Balaban J connectivity index is 1.76. The monoisotopic (exact) mass is 557 g/mol. The number of aromatic nitrogens is 2. The molecule has 10 heteroatoms. The van der Waals surface area contributed by atoms with Crippen LogP contribution in [0.3, 0.4) is 0 Å². The number of amides is 1. The Morgan fingerprint density at radius 2 is 1.98 bits per heavy atom. The van der Waals surface area contributed by atoms with Gasteiger partial charge in [-0.1, -0.05) is 31.5 Å². The van der Waals surface area contributed by atoms with Crippen molar-refractivity contribution in [3.8, 4) is 6.07 Å². The van der Waals surface area contributed by atoms with Crippen molar-refractivity contribution < 1.29 is 13.6 Å². The van der Waals surface area contributed by atoms with Crippen LogP contribution in [0.15, 0.2) is 63.1 Å². The lowest BCUT2D eigenvalue weighted by molar-refractivity contribution is 0.0612. The molecule has 204 valence electrons. The van der Waals surface area contributed by atoms with Gasteiger partial charge in [0, 0.05) is 34.3 Å². The van der Waals surface area contributed by atoms with Crippen LogP contribution < -0.4 is 11.3 Å². The summed E-state index contributed by atoms with van der Waals surface area (Å²) in [6.07, 6.45) is 0. The van der Waals surface area contributed by atoms with Gasteiger partial charge in [0.25, 0.3) is 11.5 Å². The van der Waals surface area contributed by atoms with Crippen molar-refractivity contribution in [1.82, 2.24) is 14.5 Å². The molecular weight excluding hydrogens is 529 g/mol. The summed E-state index contributed by atoms with van der Waals surface area (Å²) in [4.78, 5) is 35.2. The lowest BCUT2D eigenvalue weighted by Gasteiger charge is -2.35. The number of benzene rings is 2. The highest BCUT2D eigenvalue weighted by Crippen LogP contribution is 2.33. The lowest BCUT2D eigenvalue weighted by atomic mass is 9.99. The molecule has 1 unspecified atom stereocenters. The second-order valence-electron chi connectivity index (χ2n) is 10.0. The molecule has 0 spiro atoms. The van der Waals surface area contributed by atoms with Crippen molar-refractivity contribution in [2.45, 2.75) is 33.4 Å². The number of fused-ring (bicyclic) bond motifs is 3. The predicted octanol–water partition coefficient (Wildman–Crippen LogP) is 5.37. The lowest BCUT2D eigenvalue weighted by Crippen LogP contribution is -2.43. The Morgan fingerprint density at radius 3 is 2.62 bits per heavy atom. The van der Waals surface area contributed by atoms with Crippen LogP contribution in [0.5, 0.6) is 0 Å². The molecule has 0 bridgehead atoms. The van der Waals surface area contributed by atoms with Gasteiger partial charge < -0.3 is 15.1 Å². The van der Waals surface area contributed by atoms with Gasteiger partial charge in [-0.15, -0.1) is 11.3 Å². The average molecular weight is 558 g/mol. The Hall–Kier alpha value is -4.33. The molecule has 0 fully saturated rings. The number of furan rings is 1. The van der Waals surface area contributed by atoms with Gasteiger partial charge >= 0.3 is 0 Å². The summed E-state index contributed by atoms with van der Waals surface area (Å²) in [5, 5.41) is 11.4. The van der Waals surface area contributed by atoms with E-state index >= 15 is 0 Å². The standard InChI is InChI=1S/C30H28FN5O3S/c1-17(2)26(35(11-10-32)29(37)20-6-4-18(3)5-7-20)28-34-25-23-13-21(31)8-9-24(23)39-27(25)30(38)36(28)15-22-12-19(14-33)16-40-22/h4-9,12-13,16-17,26H,10-11,15,32H2,1-3H3. The number of nitrogens with two attached hydrogens (primary N) is 1. The highest BCUT2D eigenvalue weighted by molar-refractivity contribution is 7.10. The van der Waals surface area contributed by atoms with Crippen LogP contribution in [-0.2, 0) is 6.54 Å². The summed E-state index contributed by atoms with van der Waals surface area (Å²) in [6, 6.07) is 14.5. The molecule has 0 radical (unpaired) electrons. The van der Waals surface area contributed by atoms with Crippen LogP contribution in [0.2, 0.25) is 0 Å². The van der Waals surface area contributed by atoms with E-state index in [0.717, 1.165) is 10.4 Å². The van der Waals surface area contributed by atoms with Gasteiger partial charge in [-0.3, -0.25) is 14.2 Å². The van der Waals surface area contributed by atoms with Crippen molar-refractivity contribution >= 4 is 39.3 Å². The molecule has 5 aromatic rings. The van der Waals surface area contributed by atoms with E-state index in [-0.39, 0.29) is 42.6 Å². The highest BCUT2D eigenvalue weighted by Gasteiger charge is 2.33. The van der Waals surface area contributed by atoms with E-state index in [1.165, 1.54) is 34.1 Å². The molecule has 1 amide bonds. The van der Waals surface area contributed by atoms with Crippen molar-refractivity contribution in [3.05, 3.63) is 97.5 Å². The van der Waals surface area contributed by atoms with E-state index in [1.54, 1.807) is 28.5 Å². The summed E-state index contributed by atoms with van der Waals surface area (Å²) < 4.78 is 21.6. The minimum Gasteiger partial charge on any atom is -0.448 e. The number of rotatable bonds is 8. The largest absolute Gasteiger partial charge is 0.448 e. The molecule has 2 N–H and O–H groups in total. The average Bonchev–Trinajstić information content (AvgIpc) is 3.54. The third kappa shape index (κ3) is 5.01. The normalized spacial score (nSPS) is 12.2. The molecule has 0 aliphatic rings. The zero-order valence-electron chi connectivity index (χ0n) is 22.3. The van der Waals surface area contributed by atoms with E-state index in [2.05, 4.69) is 6.07 Å². The first-order chi connectivity index (χ1) is 19.2. The second-order valence-corrected chi connectivity index (χ2v) is 11.0. The summed E-state index contributed by atoms with van der Waals surface area (Å²) >= 11 is 1.35. The molecule has 3 aromatic heterocycles. The molecule has 8 nitrogen and oxygen atoms in total. The van der Waals surface area contributed by atoms with E-state index in [9.17, 15) is 19.2 Å². The second kappa shape index (κ2) is 11.0. The summed E-state index contributed by atoms with van der Waals surface area (Å²) in [6.45, 7) is 6.38. The van der Waals surface area contributed by atoms with Crippen LogP contribution in [0.1, 0.15) is 52.1 Å². The zero-order chi connectivity index (χ0) is 28.6. The molecule has 0 aliphatic carbocycles. The molecule has 40 heavy (non-hydrogen) atoms. The number of thiophene rings is 1. The van der Waals surface area contributed by atoms with Crippen molar-refractivity contribution in [2.24, 2.45) is 11.7 Å². The summed E-state index contributed by atoms with van der Waals surface area (Å²) in [5.74, 6) is -0.564. The summed E-state index contributed by atoms with van der Waals surface area (Å²) in [5.41, 5.74) is 8.11. The van der Waals surface area contributed by atoms with Gasteiger partial charge in [0.1, 0.15) is 28.8 Å². The van der Waals surface area contributed by atoms with Gasteiger partial charge in [-0.2, -0.15) is 5.26 Å². The minimum absolute atomic E-state index is 0.000783. The van der Waals surface area contributed by atoms with E-state index in [1.807, 2.05) is 32.9 Å². The molecule has 3 heterocycles. The number of nitriles is 1. The number of hydrogen-bond donors (Lipinski definition) is 1. The fraction of sp³-hybridized carbons (Fsp3) is 0.267. The summed E-state index contributed by atoms with van der Waals surface area (Å²) in [7, 11) is 0. The quantitative estimate of drug-likeness (QED) is 0.274. The van der Waals surface area contributed by atoms with Crippen LogP contribution in [0.25, 0.3) is 22.1 Å². The number of halogens is 1. The highest BCUT2D eigenvalue weighted by atomic mass is 32.1. The van der Waals surface area contributed by atoms with Crippen LogP contribution in [0.4, 0.5) is 4.39 Å². The Bertz CT molecular complexity index is 1810. The fourth-order valence-corrected chi connectivity index (χ4v) is 5.73. The van der Waals surface area contributed by atoms with Gasteiger partial charge in [0.2, 0.25) is 5.58 Å². The first-order valence-electron chi connectivity index (χ1n) is 12.9. The number of carbonyl (C=O) groups excluding carboxylic acids is 1. The van der Waals surface area contributed by atoms with E-state index in [4.69, 9.17) is 15.1 Å². The number of nitrogens with zero attached hydrogens (tertiary/aromatic N) is 4. The number of aryl methyl sites for hydroxylation is 1. The molecule has 2 aromatic carbocycles. The maximum Gasteiger partial charge on any atom is 0.297 e. The maximum atomic E-state index is 14.2. The predicted molar refractivity (Wildman–Crippen MR) is 153 cm³/mol. The zero-order valence-corrected chi connectivity index (χ0v) is 23.2. The topological polar surface area (TPSA) is 118 Å². The molecule has 0 aliphatic heterocycles. The first kappa shape index (κ1) is 27.2. The fourth-order valence-electron chi connectivity index (χ4n) is 4.94. The van der Waals surface area contributed by atoms with Crippen molar-refractivity contribution in [2.75, 3.05) is 13.1 Å². The molecule has 0 saturated carbocycles. The van der Waals surface area contributed by atoms with Gasteiger partial charge in [-0.05, 0) is 49.2 Å². The van der Waals surface area contributed by atoms with Crippen molar-refractivity contribution in [1.29, 1.82) is 5.26 Å². The van der Waals surface area contributed by atoms with Crippen LogP contribution in [0, 0.1) is 30.0 Å². The van der Waals surface area contributed by atoms with Gasteiger partial charge in [0.15, 0.2) is 0 Å². The third-order valence-electron chi connectivity index (χ3n) is 6.82. The SMILES string of the molecule is Cc1ccc(C(=O)N(CCN)C(c2nc3c(oc4ccc(F)cc43)c(=O)n2Cc2cc(C#N)cs2)C(C)C)cc1. The Kier molecular flexibility index (Phi) is 7.52. The minimum atomic E-state index is -0.650. The van der Waals surface area contributed by atoms with Gasteiger partial charge in [-0.25, -0.2) is 9.37 Å². The van der Waals surface area contributed by atoms with E-state index < -0.39 is 17.4 Å². The van der Waals surface area contributed by atoms with Crippen LogP contribution >= 0.6 is 11.3 Å². The molecule has 5 rings (SSSR count). The van der Waals surface area contributed by atoms with E-state index in [0.29, 0.717) is 27.9 Å². The van der Waals surface area contributed by atoms with Gasteiger partial charge in [0.05, 0.1) is 18.2 Å². The Morgan fingerprint density at radius 1 is 1.23 bits per heavy atom.